The molecule has 7 heteroatoms. The van der Waals surface area contributed by atoms with Crippen molar-refractivity contribution in [2.75, 3.05) is 0 Å². The minimum absolute atomic E-state index is 0.119. The molecule has 0 nitrogen and oxygen atoms in total. The second kappa shape index (κ2) is 5.05. The van der Waals surface area contributed by atoms with Gasteiger partial charge in [-0.25, -0.2) is 4.39 Å². The smallest absolute Gasteiger partial charge is 0.206 e. The molecule has 0 aliphatic heterocycles. The molecule has 2 aromatic rings. The summed E-state index contributed by atoms with van der Waals surface area (Å²) in [4.78, 5) is 0. The van der Waals surface area contributed by atoms with Gasteiger partial charge in [0.2, 0.25) is 0 Å². The standard InChI is InChI=1S/C14H6F7/c15-12-10(2-1-3-11(12)14(19,20)21)8-4-6-9(7-5-8)13(16,17)18/h1,3-7H. The van der Waals surface area contributed by atoms with Gasteiger partial charge in [-0.05, 0) is 29.8 Å². The summed E-state index contributed by atoms with van der Waals surface area (Å²) in [5.74, 6) is -1.57. The molecule has 0 heterocycles. The Kier molecular flexibility index (Phi) is 3.69. The van der Waals surface area contributed by atoms with Crippen LogP contribution < -0.4 is 0 Å². The van der Waals surface area contributed by atoms with Crippen LogP contribution in [0, 0.1) is 11.9 Å². The zero-order valence-electron chi connectivity index (χ0n) is 10.1. The maximum absolute atomic E-state index is 13.8. The lowest BCUT2D eigenvalue weighted by atomic mass is 10.0. The Balaban J connectivity index is 2.48. The van der Waals surface area contributed by atoms with Gasteiger partial charge in [0.15, 0.2) is 0 Å². The fourth-order valence-corrected chi connectivity index (χ4v) is 1.73. The van der Waals surface area contributed by atoms with Gasteiger partial charge in [0.25, 0.3) is 0 Å². The first-order chi connectivity index (χ1) is 9.60. The summed E-state index contributed by atoms with van der Waals surface area (Å²) >= 11 is 0. The van der Waals surface area contributed by atoms with Crippen LogP contribution in [0.4, 0.5) is 30.7 Å². The van der Waals surface area contributed by atoms with Gasteiger partial charge >= 0.3 is 12.4 Å². The van der Waals surface area contributed by atoms with Crippen molar-refractivity contribution in [3.8, 4) is 11.1 Å². The summed E-state index contributed by atoms with van der Waals surface area (Å²) in [6.07, 6.45) is -9.46. The number of hydrogen-bond donors (Lipinski definition) is 0. The van der Waals surface area contributed by atoms with Gasteiger partial charge in [0.05, 0.1) is 11.1 Å². The third-order valence-corrected chi connectivity index (χ3v) is 2.74. The molecule has 1 radical (unpaired) electrons. The largest absolute Gasteiger partial charge is 0.419 e. The molecule has 0 aliphatic rings. The first-order valence-electron chi connectivity index (χ1n) is 5.55. The average Bonchev–Trinajstić information content (AvgIpc) is 2.37. The Labute approximate surface area is 114 Å². The van der Waals surface area contributed by atoms with E-state index >= 15 is 0 Å². The summed E-state index contributed by atoms with van der Waals surface area (Å²) in [5, 5.41) is 0. The van der Waals surface area contributed by atoms with Crippen LogP contribution in [0.5, 0.6) is 0 Å². The van der Waals surface area contributed by atoms with Crippen LogP contribution in [0.3, 0.4) is 0 Å². The molecular formula is C14H6F7. The Morgan fingerprint density at radius 1 is 0.762 bits per heavy atom. The van der Waals surface area contributed by atoms with Gasteiger partial charge in [0, 0.05) is 5.56 Å². The molecule has 0 saturated heterocycles. The van der Waals surface area contributed by atoms with E-state index in [9.17, 15) is 30.7 Å². The van der Waals surface area contributed by atoms with Crippen LogP contribution in [0.25, 0.3) is 11.1 Å². The summed E-state index contributed by atoms with van der Waals surface area (Å²) < 4.78 is 88.7. The third kappa shape index (κ3) is 3.17. The molecular weight excluding hydrogens is 301 g/mol. The Hall–Kier alpha value is -2.05. The van der Waals surface area contributed by atoms with E-state index in [0.717, 1.165) is 18.2 Å². The normalized spacial score (nSPS) is 12.5. The molecule has 0 aromatic heterocycles. The molecule has 0 saturated carbocycles. The predicted octanol–water partition coefficient (Wildman–Crippen LogP) is 5.33. The SMILES string of the molecule is Fc1c(-c2ccc(C(F)(F)F)cc2)[c]ccc1C(F)(F)F. The number of rotatable bonds is 1. The Morgan fingerprint density at radius 3 is 1.81 bits per heavy atom. The molecule has 0 unspecified atom stereocenters. The third-order valence-electron chi connectivity index (χ3n) is 2.74. The second-order valence-electron chi connectivity index (χ2n) is 4.15. The molecule has 111 valence electrons. The lowest BCUT2D eigenvalue weighted by molar-refractivity contribution is -0.140. The van der Waals surface area contributed by atoms with E-state index in [1.165, 1.54) is 0 Å². The molecule has 0 aliphatic carbocycles. The molecule has 2 aromatic carbocycles. The number of halogens is 7. The molecule has 0 atom stereocenters. The zero-order valence-corrected chi connectivity index (χ0v) is 10.1. The number of hydrogen-bond acceptors (Lipinski definition) is 0. The molecule has 0 amide bonds. The molecule has 0 bridgehead atoms. The maximum Gasteiger partial charge on any atom is 0.419 e. The van der Waals surface area contributed by atoms with Crippen LogP contribution in [-0.4, -0.2) is 0 Å². The van der Waals surface area contributed by atoms with Crippen molar-refractivity contribution in [1.82, 2.24) is 0 Å². The van der Waals surface area contributed by atoms with Crippen molar-refractivity contribution in [1.29, 1.82) is 0 Å². The molecule has 21 heavy (non-hydrogen) atoms. The second-order valence-corrected chi connectivity index (χ2v) is 4.15. The van der Waals surface area contributed by atoms with E-state index in [2.05, 4.69) is 6.07 Å². The van der Waals surface area contributed by atoms with E-state index in [4.69, 9.17) is 0 Å². The van der Waals surface area contributed by atoms with Crippen LogP contribution >= 0.6 is 0 Å². The van der Waals surface area contributed by atoms with E-state index < -0.39 is 34.9 Å². The van der Waals surface area contributed by atoms with E-state index in [1.54, 1.807) is 0 Å². The first kappa shape index (κ1) is 15.3. The summed E-state index contributed by atoms with van der Waals surface area (Å²) in [6.45, 7) is 0. The van der Waals surface area contributed by atoms with Crippen molar-refractivity contribution in [3.05, 3.63) is 59.4 Å². The van der Waals surface area contributed by atoms with Gasteiger partial charge in [-0.3, -0.25) is 0 Å². The van der Waals surface area contributed by atoms with Crippen LogP contribution in [0.1, 0.15) is 11.1 Å². The van der Waals surface area contributed by atoms with Crippen molar-refractivity contribution < 1.29 is 30.7 Å². The minimum atomic E-state index is -4.89. The Bertz CT molecular complexity index is 636. The van der Waals surface area contributed by atoms with Crippen LogP contribution in [-0.2, 0) is 12.4 Å². The zero-order chi connectivity index (χ0) is 15.8. The highest BCUT2D eigenvalue weighted by Crippen LogP contribution is 2.36. The van der Waals surface area contributed by atoms with Crippen molar-refractivity contribution in [3.63, 3.8) is 0 Å². The molecule has 0 spiro atoms. The van der Waals surface area contributed by atoms with E-state index in [1.807, 2.05) is 0 Å². The molecule has 0 fully saturated rings. The Morgan fingerprint density at radius 2 is 1.33 bits per heavy atom. The van der Waals surface area contributed by atoms with Gasteiger partial charge in [-0.15, -0.1) is 0 Å². The maximum atomic E-state index is 13.8. The quantitative estimate of drug-likeness (QED) is 0.625. The summed E-state index contributed by atoms with van der Waals surface area (Å²) in [7, 11) is 0. The van der Waals surface area contributed by atoms with Crippen LogP contribution in [0.2, 0.25) is 0 Å². The highest BCUT2D eigenvalue weighted by Gasteiger charge is 2.35. The minimum Gasteiger partial charge on any atom is -0.206 e. The fourth-order valence-electron chi connectivity index (χ4n) is 1.73. The lowest BCUT2D eigenvalue weighted by Crippen LogP contribution is -2.09. The van der Waals surface area contributed by atoms with Gasteiger partial charge in [-0.2, -0.15) is 26.3 Å². The fraction of sp³-hybridized carbons (Fsp3) is 0.143. The summed E-state index contributed by atoms with van der Waals surface area (Å²) in [5.41, 5.74) is -3.11. The van der Waals surface area contributed by atoms with Gasteiger partial charge in [-0.1, -0.05) is 18.2 Å². The lowest BCUT2D eigenvalue weighted by Gasteiger charge is -2.12. The van der Waals surface area contributed by atoms with E-state index in [-0.39, 0.29) is 5.56 Å². The van der Waals surface area contributed by atoms with Crippen molar-refractivity contribution >= 4 is 0 Å². The first-order valence-corrected chi connectivity index (χ1v) is 5.55. The highest BCUT2D eigenvalue weighted by molar-refractivity contribution is 5.65. The van der Waals surface area contributed by atoms with E-state index in [0.29, 0.717) is 18.2 Å². The predicted molar refractivity (Wildman–Crippen MR) is 60.7 cm³/mol. The van der Waals surface area contributed by atoms with Crippen molar-refractivity contribution in [2.45, 2.75) is 12.4 Å². The van der Waals surface area contributed by atoms with Crippen LogP contribution in [0.15, 0.2) is 36.4 Å². The van der Waals surface area contributed by atoms with Crippen molar-refractivity contribution in [2.24, 2.45) is 0 Å². The molecule has 0 N–H and O–H groups in total. The highest BCUT2D eigenvalue weighted by atomic mass is 19.4. The topological polar surface area (TPSA) is 0 Å². The number of alkyl halides is 6. The van der Waals surface area contributed by atoms with Gasteiger partial charge in [0.1, 0.15) is 5.82 Å². The monoisotopic (exact) mass is 307 g/mol. The summed E-state index contributed by atoms with van der Waals surface area (Å²) in [6, 6.07) is 6.80. The number of benzene rings is 2. The van der Waals surface area contributed by atoms with Gasteiger partial charge < -0.3 is 0 Å². The molecule has 2 rings (SSSR count). The average molecular weight is 307 g/mol.